The van der Waals surface area contributed by atoms with Crippen molar-refractivity contribution < 1.29 is 9.53 Å². The van der Waals surface area contributed by atoms with Gasteiger partial charge >= 0.3 is 6.03 Å². The Balaban J connectivity index is 1.38. The van der Waals surface area contributed by atoms with Gasteiger partial charge in [0.15, 0.2) is 0 Å². The number of carbonyl (C=O) groups excluding carboxylic acids is 1. The third kappa shape index (κ3) is 3.69. The van der Waals surface area contributed by atoms with E-state index in [0.717, 1.165) is 35.4 Å². The largest absolute Gasteiger partial charge is 0.373 e. The number of urea groups is 1. The van der Waals surface area contributed by atoms with Crippen LogP contribution in [0.2, 0.25) is 5.02 Å². The molecule has 2 unspecified atom stereocenters. The second-order valence-electron chi connectivity index (χ2n) is 6.87. The molecule has 1 N–H and O–H groups in total. The molecule has 0 aliphatic carbocycles. The lowest BCUT2D eigenvalue weighted by molar-refractivity contribution is 0.00121. The number of hydrogen-bond donors (Lipinski definition) is 1. The van der Waals surface area contributed by atoms with Crippen molar-refractivity contribution in [2.24, 2.45) is 0 Å². The van der Waals surface area contributed by atoms with Crippen LogP contribution < -0.4 is 5.32 Å². The van der Waals surface area contributed by atoms with Crippen LogP contribution >= 0.6 is 11.6 Å². The number of fused-ring (bicyclic) bond motifs is 1. The summed E-state index contributed by atoms with van der Waals surface area (Å²) in [6, 6.07) is 9.96. The first kappa shape index (κ1) is 17.3. The molecule has 0 spiro atoms. The van der Waals surface area contributed by atoms with E-state index in [1.807, 2.05) is 35.4 Å². The molecule has 2 aliphatic rings. The van der Waals surface area contributed by atoms with E-state index >= 15 is 0 Å². The highest BCUT2D eigenvalue weighted by Gasteiger charge is 2.28. The van der Waals surface area contributed by atoms with Gasteiger partial charge in [-0.2, -0.15) is 0 Å². The minimum absolute atomic E-state index is 0.0146. The van der Waals surface area contributed by atoms with Gasteiger partial charge in [0.1, 0.15) is 0 Å². The maximum Gasteiger partial charge on any atom is 0.317 e. The molecule has 1 aromatic heterocycles. The van der Waals surface area contributed by atoms with Crippen LogP contribution in [0.5, 0.6) is 0 Å². The van der Waals surface area contributed by atoms with Crippen LogP contribution in [0.3, 0.4) is 0 Å². The van der Waals surface area contributed by atoms with Crippen LogP contribution in [0, 0.1) is 0 Å². The summed E-state index contributed by atoms with van der Waals surface area (Å²) in [4.78, 5) is 18.8. The molecule has 6 heteroatoms. The number of amides is 2. The highest BCUT2D eigenvalue weighted by molar-refractivity contribution is 6.31. The number of hydrogen-bond acceptors (Lipinski definition) is 3. The fourth-order valence-electron chi connectivity index (χ4n) is 3.71. The van der Waals surface area contributed by atoms with E-state index in [0.29, 0.717) is 19.7 Å². The van der Waals surface area contributed by atoms with Crippen molar-refractivity contribution >= 4 is 17.6 Å². The van der Waals surface area contributed by atoms with Gasteiger partial charge in [0.25, 0.3) is 0 Å². The molecule has 3 heterocycles. The van der Waals surface area contributed by atoms with Crippen LogP contribution in [0.25, 0.3) is 0 Å². The number of pyridine rings is 1. The van der Waals surface area contributed by atoms with Crippen molar-refractivity contribution in [1.29, 1.82) is 0 Å². The maximum atomic E-state index is 12.7. The van der Waals surface area contributed by atoms with E-state index < -0.39 is 0 Å². The molecular formula is C20H22ClN3O2. The molecule has 4 rings (SSSR count). The highest BCUT2D eigenvalue weighted by atomic mass is 35.5. The van der Waals surface area contributed by atoms with Gasteiger partial charge in [0.05, 0.1) is 6.10 Å². The minimum atomic E-state index is -0.0209. The smallest absolute Gasteiger partial charge is 0.317 e. The zero-order valence-electron chi connectivity index (χ0n) is 14.5. The summed E-state index contributed by atoms with van der Waals surface area (Å²) in [5, 5.41) is 3.92. The van der Waals surface area contributed by atoms with Crippen molar-refractivity contribution in [1.82, 2.24) is 15.2 Å². The summed E-state index contributed by atoms with van der Waals surface area (Å²) in [6.07, 6.45) is 6.01. The van der Waals surface area contributed by atoms with Gasteiger partial charge < -0.3 is 15.0 Å². The van der Waals surface area contributed by atoms with Crippen LogP contribution in [0.4, 0.5) is 4.79 Å². The lowest BCUT2D eigenvalue weighted by atomic mass is 9.98. The van der Waals surface area contributed by atoms with Gasteiger partial charge in [0, 0.05) is 43.2 Å². The van der Waals surface area contributed by atoms with Gasteiger partial charge in [-0.1, -0.05) is 29.8 Å². The zero-order valence-corrected chi connectivity index (χ0v) is 15.3. The quantitative estimate of drug-likeness (QED) is 0.875. The Morgan fingerprint density at radius 3 is 3.08 bits per heavy atom. The predicted octanol–water partition coefficient (Wildman–Crippen LogP) is 3.72. The molecule has 1 aromatic carbocycles. The number of halogens is 1. The summed E-state index contributed by atoms with van der Waals surface area (Å²) in [6.45, 7) is 1.92. The van der Waals surface area contributed by atoms with E-state index in [4.69, 9.17) is 16.3 Å². The SMILES string of the molecule is O=C(NC1CCOC(c2cccnc2)C1)N1CCc2cccc(Cl)c2C1. The molecule has 26 heavy (non-hydrogen) atoms. The highest BCUT2D eigenvalue weighted by Crippen LogP contribution is 2.29. The monoisotopic (exact) mass is 371 g/mol. The van der Waals surface area contributed by atoms with E-state index in [1.54, 1.807) is 6.20 Å². The average Bonchev–Trinajstić information content (AvgIpc) is 2.69. The molecule has 0 bridgehead atoms. The van der Waals surface area contributed by atoms with Crippen LogP contribution in [0.15, 0.2) is 42.7 Å². The molecule has 5 nitrogen and oxygen atoms in total. The Morgan fingerprint density at radius 2 is 2.23 bits per heavy atom. The lowest BCUT2D eigenvalue weighted by Gasteiger charge is -2.34. The van der Waals surface area contributed by atoms with Crippen LogP contribution in [-0.2, 0) is 17.7 Å². The van der Waals surface area contributed by atoms with Crippen molar-refractivity contribution in [3.05, 3.63) is 64.4 Å². The first-order valence-corrected chi connectivity index (χ1v) is 9.42. The van der Waals surface area contributed by atoms with E-state index in [9.17, 15) is 4.79 Å². The molecule has 1 fully saturated rings. The number of benzene rings is 1. The molecule has 2 aromatic rings. The Bertz CT molecular complexity index is 784. The van der Waals surface area contributed by atoms with E-state index in [-0.39, 0.29) is 18.2 Å². The van der Waals surface area contributed by atoms with Gasteiger partial charge in [-0.25, -0.2) is 4.79 Å². The molecule has 0 saturated carbocycles. The molecule has 136 valence electrons. The molecule has 0 radical (unpaired) electrons. The number of aromatic nitrogens is 1. The van der Waals surface area contributed by atoms with Crippen LogP contribution in [-0.4, -0.2) is 35.1 Å². The summed E-state index contributed by atoms with van der Waals surface area (Å²) in [5.41, 5.74) is 3.37. The molecule has 2 atom stereocenters. The topological polar surface area (TPSA) is 54.5 Å². The Kier molecular flexibility index (Phi) is 5.09. The van der Waals surface area contributed by atoms with Gasteiger partial charge in [-0.15, -0.1) is 0 Å². The number of nitrogens with zero attached hydrogens (tertiary/aromatic N) is 2. The fourth-order valence-corrected chi connectivity index (χ4v) is 3.96. The number of nitrogens with one attached hydrogen (secondary N) is 1. The third-order valence-electron chi connectivity index (χ3n) is 5.17. The number of carbonyl (C=O) groups is 1. The summed E-state index contributed by atoms with van der Waals surface area (Å²) >= 11 is 6.31. The first-order chi connectivity index (χ1) is 12.7. The van der Waals surface area contributed by atoms with Crippen LogP contribution in [0.1, 0.15) is 35.6 Å². The molecule has 2 aliphatic heterocycles. The first-order valence-electron chi connectivity index (χ1n) is 9.04. The number of rotatable bonds is 2. The van der Waals surface area contributed by atoms with Crippen molar-refractivity contribution in [2.45, 2.75) is 38.0 Å². The zero-order chi connectivity index (χ0) is 17.9. The standard InChI is InChI=1S/C20H22ClN3O2/c21-18-5-1-3-14-6-9-24(13-17(14)18)20(25)23-16-7-10-26-19(11-16)15-4-2-8-22-12-15/h1-5,8,12,16,19H,6-7,9-11,13H2,(H,23,25). The van der Waals surface area contributed by atoms with Crippen molar-refractivity contribution in [2.75, 3.05) is 13.2 Å². The van der Waals surface area contributed by atoms with E-state index in [1.165, 1.54) is 5.56 Å². The molecular weight excluding hydrogens is 350 g/mol. The van der Waals surface area contributed by atoms with Gasteiger partial charge in [0.2, 0.25) is 0 Å². The second-order valence-corrected chi connectivity index (χ2v) is 7.27. The van der Waals surface area contributed by atoms with Crippen molar-refractivity contribution in [3.63, 3.8) is 0 Å². The Labute approximate surface area is 158 Å². The Morgan fingerprint density at radius 1 is 1.31 bits per heavy atom. The third-order valence-corrected chi connectivity index (χ3v) is 5.52. The molecule has 1 saturated heterocycles. The Hall–Kier alpha value is -2.11. The normalized spacial score (nSPS) is 22.6. The minimum Gasteiger partial charge on any atom is -0.373 e. The fraction of sp³-hybridized carbons (Fsp3) is 0.400. The lowest BCUT2D eigenvalue weighted by Crippen LogP contribution is -2.48. The van der Waals surface area contributed by atoms with Gasteiger partial charge in [-0.05, 0) is 48.1 Å². The summed E-state index contributed by atoms with van der Waals surface area (Å²) in [7, 11) is 0. The second kappa shape index (κ2) is 7.64. The van der Waals surface area contributed by atoms with Gasteiger partial charge in [-0.3, -0.25) is 4.98 Å². The molecule has 2 amide bonds. The maximum absolute atomic E-state index is 12.7. The predicted molar refractivity (Wildman–Crippen MR) is 100 cm³/mol. The van der Waals surface area contributed by atoms with Crippen molar-refractivity contribution in [3.8, 4) is 0 Å². The van der Waals surface area contributed by atoms with E-state index in [2.05, 4.69) is 16.4 Å². The number of ether oxygens (including phenoxy) is 1. The summed E-state index contributed by atoms with van der Waals surface area (Å²) in [5.74, 6) is 0. The average molecular weight is 372 g/mol. The summed E-state index contributed by atoms with van der Waals surface area (Å²) < 4.78 is 5.86.